The standard InChI is InChI=1S/C17H25N5O2/c1-21(11-15-19-16(12-23-3)24-20-15)10-14-6-8-22(2)17(14)13-5-4-7-18-9-13/h4-5,7,9,14,17H,6,8,10-12H2,1-3H3/t14-,17-/m0/s1. The summed E-state index contributed by atoms with van der Waals surface area (Å²) in [7, 11) is 5.91. The molecule has 1 aliphatic heterocycles. The highest BCUT2D eigenvalue weighted by atomic mass is 16.5. The highest BCUT2D eigenvalue weighted by Gasteiger charge is 2.33. The van der Waals surface area contributed by atoms with Crippen molar-refractivity contribution in [2.75, 3.05) is 34.3 Å². The molecule has 0 spiro atoms. The van der Waals surface area contributed by atoms with Crippen molar-refractivity contribution in [3.05, 3.63) is 41.8 Å². The number of nitrogens with zero attached hydrogens (tertiary/aromatic N) is 5. The smallest absolute Gasteiger partial charge is 0.252 e. The van der Waals surface area contributed by atoms with Crippen molar-refractivity contribution in [3.8, 4) is 0 Å². The molecule has 1 fully saturated rings. The summed E-state index contributed by atoms with van der Waals surface area (Å²) in [5.74, 6) is 1.79. The lowest BCUT2D eigenvalue weighted by Crippen LogP contribution is -2.30. The molecule has 3 rings (SSSR count). The third-order valence-corrected chi connectivity index (χ3v) is 4.54. The second-order valence-corrected chi connectivity index (χ2v) is 6.49. The molecule has 2 atom stereocenters. The molecular formula is C17H25N5O2. The van der Waals surface area contributed by atoms with Gasteiger partial charge in [-0.15, -0.1) is 0 Å². The topological polar surface area (TPSA) is 67.5 Å². The van der Waals surface area contributed by atoms with Crippen LogP contribution in [0.25, 0.3) is 0 Å². The van der Waals surface area contributed by atoms with Crippen LogP contribution < -0.4 is 0 Å². The Balaban J connectivity index is 1.61. The maximum absolute atomic E-state index is 5.15. The zero-order valence-corrected chi connectivity index (χ0v) is 14.6. The summed E-state index contributed by atoms with van der Waals surface area (Å²) < 4.78 is 10.2. The molecule has 2 aromatic heterocycles. The molecule has 1 aliphatic rings. The van der Waals surface area contributed by atoms with E-state index in [-0.39, 0.29) is 0 Å². The van der Waals surface area contributed by atoms with Crippen LogP contribution in [0.5, 0.6) is 0 Å². The van der Waals surface area contributed by atoms with Gasteiger partial charge in [-0.1, -0.05) is 11.2 Å². The average molecular weight is 331 g/mol. The first kappa shape index (κ1) is 17.0. The number of hydrogen-bond acceptors (Lipinski definition) is 7. The van der Waals surface area contributed by atoms with E-state index >= 15 is 0 Å². The molecule has 2 aromatic rings. The number of methoxy groups -OCH3 is 1. The molecule has 0 saturated carbocycles. The van der Waals surface area contributed by atoms with E-state index < -0.39 is 0 Å². The highest BCUT2D eigenvalue weighted by molar-refractivity contribution is 5.17. The summed E-state index contributed by atoms with van der Waals surface area (Å²) in [4.78, 5) is 13.3. The number of pyridine rings is 1. The fraction of sp³-hybridized carbons (Fsp3) is 0.588. The van der Waals surface area contributed by atoms with Crippen molar-refractivity contribution in [2.45, 2.75) is 25.6 Å². The fourth-order valence-electron chi connectivity index (χ4n) is 3.54. The Bertz CT molecular complexity index is 633. The number of likely N-dealkylation sites (tertiary alicyclic amines) is 1. The van der Waals surface area contributed by atoms with Gasteiger partial charge in [0.05, 0.1) is 6.54 Å². The second kappa shape index (κ2) is 7.83. The van der Waals surface area contributed by atoms with Gasteiger partial charge in [-0.2, -0.15) is 4.98 Å². The van der Waals surface area contributed by atoms with Gasteiger partial charge in [-0.25, -0.2) is 0 Å². The Morgan fingerprint density at radius 2 is 2.33 bits per heavy atom. The van der Waals surface area contributed by atoms with Gasteiger partial charge in [0, 0.05) is 32.1 Å². The Labute approximate surface area is 142 Å². The summed E-state index contributed by atoms with van der Waals surface area (Å²) in [5, 5.41) is 4.01. The lowest BCUT2D eigenvalue weighted by Gasteiger charge is -2.28. The van der Waals surface area contributed by atoms with Crippen LogP contribution in [0.1, 0.15) is 29.7 Å². The van der Waals surface area contributed by atoms with Crippen LogP contribution in [-0.4, -0.2) is 59.2 Å². The Morgan fingerprint density at radius 3 is 3.08 bits per heavy atom. The van der Waals surface area contributed by atoms with E-state index in [9.17, 15) is 0 Å². The van der Waals surface area contributed by atoms with Gasteiger partial charge >= 0.3 is 0 Å². The van der Waals surface area contributed by atoms with E-state index in [2.05, 4.69) is 45.1 Å². The first-order chi connectivity index (χ1) is 11.7. The van der Waals surface area contributed by atoms with Crippen molar-refractivity contribution in [2.24, 2.45) is 5.92 Å². The van der Waals surface area contributed by atoms with Gasteiger partial charge in [-0.05, 0) is 44.6 Å². The van der Waals surface area contributed by atoms with Crippen molar-refractivity contribution < 1.29 is 9.26 Å². The summed E-state index contributed by atoms with van der Waals surface area (Å²) in [6.07, 6.45) is 4.99. The second-order valence-electron chi connectivity index (χ2n) is 6.49. The minimum Gasteiger partial charge on any atom is -0.375 e. The number of aromatic nitrogens is 3. The summed E-state index contributed by atoms with van der Waals surface area (Å²) in [5.41, 5.74) is 1.29. The van der Waals surface area contributed by atoms with Gasteiger partial charge < -0.3 is 9.26 Å². The van der Waals surface area contributed by atoms with Crippen LogP contribution in [0.3, 0.4) is 0 Å². The van der Waals surface area contributed by atoms with Crippen LogP contribution >= 0.6 is 0 Å². The number of hydrogen-bond donors (Lipinski definition) is 0. The van der Waals surface area contributed by atoms with Crippen molar-refractivity contribution in [1.29, 1.82) is 0 Å². The first-order valence-electron chi connectivity index (χ1n) is 8.26. The Morgan fingerprint density at radius 1 is 1.46 bits per heavy atom. The molecule has 0 radical (unpaired) electrons. The molecule has 0 N–H and O–H groups in total. The van der Waals surface area contributed by atoms with Crippen LogP contribution in [-0.2, 0) is 17.9 Å². The monoisotopic (exact) mass is 331 g/mol. The number of rotatable bonds is 7. The molecule has 0 aromatic carbocycles. The lowest BCUT2D eigenvalue weighted by atomic mass is 9.94. The Hall–Kier alpha value is -1.83. The van der Waals surface area contributed by atoms with Gasteiger partial charge in [0.2, 0.25) is 0 Å². The van der Waals surface area contributed by atoms with Gasteiger partial charge in [0.1, 0.15) is 6.61 Å². The summed E-state index contributed by atoms with van der Waals surface area (Å²) in [6.45, 7) is 3.12. The third-order valence-electron chi connectivity index (χ3n) is 4.54. The van der Waals surface area contributed by atoms with E-state index in [1.807, 2.05) is 18.5 Å². The molecule has 7 nitrogen and oxygen atoms in total. The lowest BCUT2D eigenvalue weighted by molar-refractivity contribution is 0.151. The average Bonchev–Trinajstić information content (AvgIpc) is 3.15. The molecule has 0 bridgehead atoms. The maximum Gasteiger partial charge on any atom is 0.252 e. The molecule has 0 aliphatic carbocycles. The van der Waals surface area contributed by atoms with E-state index in [0.717, 1.165) is 13.1 Å². The van der Waals surface area contributed by atoms with E-state index in [1.54, 1.807) is 7.11 Å². The minimum absolute atomic E-state index is 0.354. The molecule has 3 heterocycles. The molecule has 0 amide bonds. The molecule has 130 valence electrons. The molecule has 7 heteroatoms. The molecule has 1 saturated heterocycles. The SMILES string of the molecule is COCc1nc(CN(C)C[C@@H]2CCN(C)[C@H]2c2cccnc2)no1. The number of ether oxygens (including phenoxy) is 1. The summed E-state index contributed by atoms with van der Waals surface area (Å²) in [6, 6.07) is 4.59. The van der Waals surface area contributed by atoms with Gasteiger partial charge in [-0.3, -0.25) is 14.8 Å². The zero-order chi connectivity index (χ0) is 16.9. The predicted molar refractivity (Wildman–Crippen MR) is 89.1 cm³/mol. The maximum atomic E-state index is 5.15. The van der Waals surface area contributed by atoms with Gasteiger partial charge in [0.25, 0.3) is 5.89 Å². The largest absolute Gasteiger partial charge is 0.375 e. The molecule has 24 heavy (non-hydrogen) atoms. The third kappa shape index (κ3) is 3.98. The summed E-state index contributed by atoms with van der Waals surface area (Å²) >= 11 is 0. The van der Waals surface area contributed by atoms with Crippen molar-refractivity contribution >= 4 is 0 Å². The normalized spacial score (nSPS) is 21.7. The van der Waals surface area contributed by atoms with E-state index in [0.29, 0.717) is 36.8 Å². The van der Waals surface area contributed by atoms with Gasteiger partial charge in [0.15, 0.2) is 5.82 Å². The Kier molecular flexibility index (Phi) is 5.55. The van der Waals surface area contributed by atoms with Crippen molar-refractivity contribution in [3.63, 3.8) is 0 Å². The van der Waals surface area contributed by atoms with Crippen LogP contribution in [0.4, 0.5) is 0 Å². The fourth-order valence-corrected chi connectivity index (χ4v) is 3.54. The quantitative estimate of drug-likeness (QED) is 0.765. The highest BCUT2D eigenvalue weighted by Crippen LogP contribution is 2.36. The van der Waals surface area contributed by atoms with E-state index in [4.69, 9.17) is 9.26 Å². The molecular weight excluding hydrogens is 306 g/mol. The van der Waals surface area contributed by atoms with E-state index in [1.165, 1.54) is 12.0 Å². The van der Waals surface area contributed by atoms with Crippen LogP contribution in [0.15, 0.2) is 29.0 Å². The van der Waals surface area contributed by atoms with Crippen LogP contribution in [0.2, 0.25) is 0 Å². The zero-order valence-electron chi connectivity index (χ0n) is 14.6. The van der Waals surface area contributed by atoms with Crippen molar-refractivity contribution in [1.82, 2.24) is 24.9 Å². The minimum atomic E-state index is 0.354. The predicted octanol–water partition coefficient (Wildman–Crippen LogP) is 1.74. The van der Waals surface area contributed by atoms with Crippen LogP contribution in [0, 0.1) is 5.92 Å². The first-order valence-corrected chi connectivity index (χ1v) is 8.26. The molecule has 0 unspecified atom stereocenters.